The van der Waals surface area contributed by atoms with Gasteiger partial charge in [0.15, 0.2) is 17.7 Å². The lowest BCUT2D eigenvalue weighted by Gasteiger charge is -2.32. The third-order valence-electron chi connectivity index (χ3n) is 7.60. The molecule has 1 unspecified atom stereocenters. The molecular weight excluding hydrogens is 543 g/mol. The molecule has 204 valence electrons. The summed E-state index contributed by atoms with van der Waals surface area (Å²) in [6, 6.07) is 13.6. The molecular formula is C27H28Cl2N6O4. The predicted molar refractivity (Wildman–Crippen MR) is 151 cm³/mol. The molecule has 2 aromatic carbocycles. The van der Waals surface area contributed by atoms with Gasteiger partial charge in [0.2, 0.25) is 0 Å². The highest BCUT2D eigenvalue weighted by Gasteiger charge is 2.50. The average Bonchev–Trinajstić information content (AvgIpc) is 3.60. The van der Waals surface area contributed by atoms with Crippen molar-refractivity contribution in [1.82, 2.24) is 9.47 Å². The van der Waals surface area contributed by atoms with E-state index >= 15 is 0 Å². The number of nitrogens with zero attached hydrogens (tertiary/aromatic N) is 5. The monoisotopic (exact) mass is 570 g/mol. The topological polar surface area (TPSA) is 141 Å². The number of para-hydroxylation sites is 1. The van der Waals surface area contributed by atoms with Crippen LogP contribution in [0.2, 0.25) is 10.0 Å². The summed E-state index contributed by atoms with van der Waals surface area (Å²) in [5, 5.41) is 32.5. The van der Waals surface area contributed by atoms with E-state index in [-0.39, 0.29) is 6.67 Å². The molecule has 0 saturated carbocycles. The van der Waals surface area contributed by atoms with Crippen molar-refractivity contribution in [2.75, 3.05) is 13.3 Å². The number of fused-ring (bicyclic) bond motifs is 2. The Morgan fingerprint density at radius 1 is 1.08 bits per heavy atom. The molecule has 12 heteroatoms. The zero-order chi connectivity index (χ0) is 27.3. The summed E-state index contributed by atoms with van der Waals surface area (Å²) in [6.07, 6.45) is 0.290. The number of aliphatic hydroxyl groups is 3. The first-order valence-electron chi connectivity index (χ1n) is 12.6. The van der Waals surface area contributed by atoms with Gasteiger partial charge in [-0.2, -0.15) is 0 Å². The van der Waals surface area contributed by atoms with Crippen LogP contribution in [0.5, 0.6) is 0 Å². The molecule has 0 amide bonds. The molecule has 39 heavy (non-hydrogen) atoms. The number of aryl methyl sites for hydroxylation is 1. The van der Waals surface area contributed by atoms with E-state index in [0.29, 0.717) is 41.0 Å². The summed E-state index contributed by atoms with van der Waals surface area (Å²) in [5.74, 6) is 0.443. The molecule has 10 nitrogen and oxygen atoms in total. The first kappa shape index (κ1) is 26.4. The number of nitrogens with two attached hydrogens (primary N) is 1. The molecule has 4 heterocycles. The van der Waals surface area contributed by atoms with Gasteiger partial charge in [0.1, 0.15) is 37.0 Å². The maximum Gasteiger partial charge on any atom is 0.162 e. The second kappa shape index (κ2) is 10.3. The smallest absolute Gasteiger partial charge is 0.162 e. The first-order valence-corrected chi connectivity index (χ1v) is 13.4. The van der Waals surface area contributed by atoms with Crippen molar-refractivity contribution >= 4 is 52.0 Å². The number of ether oxygens (including phenoxy) is 1. The summed E-state index contributed by atoms with van der Waals surface area (Å²) < 4.78 is 7.83. The highest BCUT2D eigenvalue weighted by molar-refractivity contribution is 6.47. The second-order valence-electron chi connectivity index (χ2n) is 9.97. The number of aliphatic imine (C=N–C) groups is 3. The molecule has 3 aromatic rings. The van der Waals surface area contributed by atoms with Gasteiger partial charge < -0.3 is 35.3 Å². The van der Waals surface area contributed by atoms with E-state index in [2.05, 4.69) is 37.9 Å². The molecule has 5 atom stereocenters. The van der Waals surface area contributed by atoms with Crippen LogP contribution in [-0.2, 0) is 17.7 Å². The number of hydrogen-bond donors (Lipinski definition) is 4. The van der Waals surface area contributed by atoms with E-state index in [0.717, 1.165) is 22.0 Å². The number of hydrogen-bond acceptors (Lipinski definition) is 9. The van der Waals surface area contributed by atoms with Crippen LogP contribution >= 0.6 is 23.2 Å². The first-order chi connectivity index (χ1) is 18.8. The zero-order valence-electron chi connectivity index (χ0n) is 20.9. The number of aliphatic hydroxyl groups excluding tert-OH is 3. The fourth-order valence-electron chi connectivity index (χ4n) is 5.49. The minimum atomic E-state index is -1.23. The number of rotatable bonds is 7. The third kappa shape index (κ3) is 4.55. The van der Waals surface area contributed by atoms with Crippen LogP contribution in [0.25, 0.3) is 10.9 Å². The standard InChI is InChI=1S/C27H28Cl2N6O4/c28-18-5-3-6-19(29)17(18)11-34-10-15(16-4-1-2-7-20(16)34)8-9-27(30)24-25(31-13-33-27)35(14-32-24)26-23(38)22(37)21(12-36)39-26/h1-7,10,13,21-23,26,36-38H,8-9,11-12,14,30H2/t21-,22-,23-,26-,27?/m1/s1. The summed E-state index contributed by atoms with van der Waals surface area (Å²) in [5.41, 5.74) is 9.17. The Labute approximate surface area is 234 Å². The van der Waals surface area contributed by atoms with E-state index in [1.165, 1.54) is 6.34 Å². The molecule has 3 aliphatic heterocycles. The van der Waals surface area contributed by atoms with Crippen LogP contribution in [0.4, 0.5) is 0 Å². The average molecular weight is 571 g/mol. The normalized spacial score (nSPS) is 28.2. The molecule has 0 aliphatic carbocycles. The van der Waals surface area contributed by atoms with Crippen LogP contribution in [0, 0.1) is 0 Å². The van der Waals surface area contributed by atoms with Crippen LogP contribution < -0.4 is 5.73 Å². The molecule has 1 saturated heterocycles. The molecule has 0 radical (unpaired) electrons. The Kier molecular flexibility index (Phi) is 6.96. The van der Waals surface area contributed by atoms with Gasteiger partial charge >= 0.3 is 0 Å². The van der Waals surface area contributed by atoms with Gasteiger partial charge in [-0.15, -0.1) is 0 Å². The van der Waals surface area contributed by atoms with Gasteiger partial charge in [-0.05, 0) is 36.6 Å². The Hall–Kier alpha value is -2.83. The van der Waals surface area contributed by atoms with Gasteiger partial charge in [-0.3, -0.25) is 4.99 Å². The number of aromatic nitrogens is 1. The van der Waals surface area contributed by atoms with Crippen molar-refractivity contribution in [3.05, 3.63) is 69.8 Å². The fourth-order valence-corrected chi connectivity index (χ4v) is 6.00. The lowest BCUT2D eigenvalue weighted by Crippen LogP contribution is -2.55. The highest BCUT2D eigenvalue weighted by Crippen LogP contribution is 2.32. The lowest BCUT2D eigenvalue weighted by atomic mass is 9.94. The van der Waals surface area contributed by atoms with Crippen molar-refractivity contribution in [1.29, 1.82) is 0 Å². The van der Waals surface area contributed by atoms with Gasteiger partial charge in [0, 0.05) is 32.7 Å². The van der Waals surface area contributed by atoms with Gasteiger partial charge in [-0.25, -0.2) is 9.98 Å². The Balaban J connectivity index is 1.23. The number of halogens is 2. The van der Waals surface area contributed by atoms with Gasteiger partial charge in [-0.1, -0.05) is 47.5 Å². The van der Waals surface area contributed by atoms with E-state index in [1.807, 2.05) is 30.3 Å². The number of benzene rings is 2. The summed E-state index contributed by atoms with van der Waals surface area (Å²) in [4.78, 5) is 15.1. The number of amidine groups is 1. The molecule has 0 spiro atoms. The van der Waals surface area contributed by atoms with Crippen LogP contribution in [0.1, 0.15) is 17.5 Å². The van der Waals surface area contributed by atoms with Crippen molar-refractivity contribution in [2.24, 2.45) is 20.7 Å². The molecule has 5 N–H and O–H groups in total. The SMILES string of the molecule is NC1(CCc2cn(Cc3c(Cl)cccc3Cl)c3ccccc23)N=CN=C2C1=NCN2[C@@H]1O[C@H](CO)[C@@H](O)[C@H]1O. The Morgan fingerprint density at radius 2 is 1.85 bits per heavy atom. The van der Waals surface area contributed by atoms with E-state index in [1.54, 1.807) is 4.90 Å². The summed E-state index contributed by atoms with van der Waals surface area (Å²) in [6.45, 7) is 0.246. The van der Waals surface area contributed by atoms with Gasteiger partial charge in [0.25, 0.3) is 0 Å². The molecule has 0 bridgehead atoms. The largest absolute Gasteiger partial charge is 0.394 e. The van der Waals surface area contributed by atoms with Crippen molar-refractivity contribution in [3.63, 3.8) is 0 Å². The summed E-state index contributed by atoms with van der Waals surface area (Å²) in [7, 11) is 0. The molecule has 6 rings (SSSR count). The second-order valence-corrected chi connectivity index (χ2v) is 10.8. The molecule has 3 aliphatic rings. The third-order valence-corrected chi connectivity index (χ3v) is 8.31. The van der Waals surface area contributed by atoms with E-state index in [4.69, 9.17) is 33.7 Å². The van der Waals surface area contributed by atoms with Crippen LogP contribution in [0.3, 0.4) is 0 Å². The highest BCUT2D eigenvalue weighted by atomic mass is 35.5. The van der Waals surface area contributed by atoms with Crippen LogP contribution in [-0.4, -0.2) is 86.2 Å². The van der Waals surface area contributed by atoms with Crippen LogP contribution in [0.15, 0.2) is 63.6 Å². The maximum atomic E-state index is 10.5. The Bertz CT molecular complexity index is 1490. The Morgan fingerprint density at radius 3 is 2.59 bits per heavy atom. The fraction of sp³-hybridized carbons (Fsp3) is 0.370. The maximum absolute atomic E-state index is 10.5. The van der Waals surface area contributed by atoms with Crippen molar-refractivity contribution in [2.45, 2.75) is 49.6 Å². The minimum Gasteiger partial charge on any atom is -0.394 e. The quantitative estimate of drug-likeness (QED) is 0.343. The van der Waals surface area contributed by atoms with E-state index < -0.39 is 36.8 Å². The minimum absolute atomic E-state index is 0.140. The lowest BCUT2D eigenvalue weighted by molar-refractivity contribution is -0.0688. The predicted octanol–water partition coefficient (Wildman–Crippen LogP) is 2.18. The van der Waals surface area contributed by atoms with Crippen molar-refractivity contribution in [3.8, 4) is 0 Å². The van der Waals surface area contributed by atoms with Gasteiger partial charge in [0.05, 0.1) is 13.2 Å². The van der Waals surface area contributed by atoms with Crippen molar-refractivity contribution < 1.29 is 20.1 Å². The summed E-state index contributed by atoms with van der Waals surface area (Å²) >= 11 is 12.9. The zero-order valence-corrected chi connectivity index (χ0v) is 22.4. The molecule has 1 aromatic heterocycles. The molecule has 1 fully saturated rings. The van der Waals surface area contributed by atoms with E-state index in [9.17, 15) is 15.3 Å².